The van der Waals surface area contributed by atoms with E-state index in [-0.39, 0.29) is 43.7 Å². The van der Waals surface area contributed by atoms with Crippen LogP contribution in [-0.2, 0) is 28.0 Å². The standard InChI is InChI=1S/C39H38N2O7S.CH4/c1-26-19-33(20-27(2)38(26)30-11-13-31(14-12-30)39(43)48-24-28-7-4-3-5-8-28)46-18-17-40-23-37(42)35-16-15-32-22-36(35)41-49(44,45)34-10-6-9-29(21-34)25-47-32;/h3-16,19-22,37,40-42H,17-18,23-25H2,1-2H3;1H4. The molecular weight excluding hydrogens is 653 g/mol. The number of hydrogen-bond donors (Lipinski definition) is 3. The van der Waals surface area contributed by atoms with Crippen LogP contribution in [0.4, 0.5) is 5.69 Å². The summed E-state index contributed by atoms with van der Waals surface area (Å²) in [5.74, 6) is 0.850. The number of anilines is 1. The number of esters is 1. The number of aryl methyl sites for hydroxylation is 2. The summed E-state index contributed by atoms with van der Waals surface area (Å²) in [7, 11) is -3.85. The number of carbonyl (C=O) groups is 1. The molecule has 1 heterocycles. The third-order valence-corrected chi connectivity index (χ3v) is 9.62. The molecule has 0 radical (unpaired) electrons. The lowest BCUT2D eigenvalue weighted by atomic mass is 9.95. The van der Waals surface area contributed by atoms with Crippen molar-refractivity contribution in [3.63, 3.8) is 0 Å². The van der Waals surface area contributed by atoms with Crippen molar-refractivity contribution in [3.8, 4) is 22.6 Å². The van der Waals surface area contributed by atoms with Crippen LogP contribution in [0, 0.1) is 13.8 Å². The van der Waals surface area contributed by atoms with E-state index < -0.39 is 16.1 Å². The van der Waals surface area contributed by atoms with E-state index >= 15 is 0 Å². The van der Waals surface area contributed by atoms with Crippen molar-refractivity contribution in [2.45, 2.75) is 45.5 Å². The summed E-state index contributed by atoms with van der Waals surface area (Å²) in [5.41, 5.74) is 6.99. The van der Waals surface area contributed by atoms with Crippen LogP contribution in [0.15, 0.2) is 114 Å². The topological polar surface area (TPSA) is 123 Å². The van der Waals surface area contributed by atoms with Crippen LogP contribution in [-0.4, -0.2) is 39.2 Å². The van der Waals surface area contributed by atoms with Gasteiger partial charge in [-0.25, -0.2) is 13.2 Å². The SMILES string of the molecule is C.Cc1cc(OCCNCC(O)c2ccc3cc2NS(=O)(=O)c2cccc(c2)CO3)cc(C)c1-c1ccc(C(=O)OCc2ccccc2)cc1. The predicted octanol–water partition coefficient (Wildman–Crippen LogP) is 7.36. The molecule has 0 spiro atoms. The minimum Gasteiger partial charge on any atom is -0.492 e. The van der Waals surface area contributed by atoms with E-state index in [0.717, 1.165) is 39.1 Å². The molecule has 1 unspecified atom stereocenters. The number of benzene rings is 5. The highest BCUT2D eigenvalue weighted by molar-refractivity contribution is 7.92. The summed E-state index contributed by atoms with van der Waals surface area (Å²) in [6.07, 6.45) is -0.984. The molecule has 0 saturated carbocycles. The predicted molar refractivity (Wildman–Crippen MR) is 195 cm³/mol. The molecule has 5 aromatic carbocycles. The molecule has 260 valence electrons. The van der Waals surface area contributed by atoms with Crippen LogP contribution in [0.5, 0.6) is 11.5 Å². The van der Waals surface area contributed by atoms with Gasteiger partial charge in [0.15, 0.2) is 0 Å². The molecule has 0 aliphatic carbocycles. The van der Waals surface area contributed by atoms with Crippen LogP contribution in [0.25, 0.3) is 11.1 Å². The van der Waals surface area contributed by atoms with E-state index in [1.807, 2.05) is 74.5 Å². The summed E-state index contributed by atoms with van der Waals surface area (Å²) in [6.45, 7) is 5.49. The van der Waals surface area contributed by atoms with Crippen molar-refractivity contribution < 1.29 is 32.5 Å². The molecule has 0 amide bonds. The first kappa shape index (κ1) is 36.1. The third-order valence-electron chi connectivity index (χ3n) is 8.26. The quantitative estimate of drug-likeness (QED) is 0.0969. The van der Waals surface area contributed by atoms with Crippen LogP contribution < -0.4 is 19.5 Å². The molecular formula is C40H42N2O7S. The number of sulfonamides is 1. The Kier molecular flexibility index (Phi) is 11.6. The molecule has 0 fully saturated rings. The van der Waals surface area contributed by atoms with Gasteiger partial charge >= 0.3 is 5.97 Å². The van der Waals surface area contributed by atoms with Crippen molar-refractivity contribution in [3.05, 3.63) is 143 Å². The maximum absolute atomic E-state index is 13.1. The lowest BCUT2D eigenvalue weighted by Crippen LogP contribution is -2.27. The van der Waals surface area contributed by atoms with Crippen molar-refractivity contribution in [2.75, 3.05) is 24.4 Å². The zero-order valence-electron chi connectivity index (χ0n) is 27.3. The lowest BCUT2D eigenvalue weighted by Gasteiger charge is -2.20. The highest BCUT2D eigenvalue weighted by Gasteiger charge is 2.22. The van der Waals surface area contributed by atoms with Gasteiger partial charge in [-0.05, 0) is 89.7 Å². The lowest BCUT2D eigenvalue weighted by molar-refractivity contribution is 0.0472. The molecule has 50 heavy (non-hydrogen) atoms. The van der Waals surface area contributed by atoms with Crippen molar-refractivity contribution in [2.24, 2.45) is 0 Å². The Morgan fingerprint density at radius 3 is 2.40 bits per heavy atom. The highest BCUT2D eigenvalue weighted by atomic mass is 32.2. The minimum absolute atomic E-state index is 0. The molecule has 10 heteroatoms. The number of nitrogens with one attached hydrogen (secondary N) is 2. The smallest absolute Gasteiger partial charge is 0.338 e. The normalized spacial score (nSPS) is 13.5. The summed E-state index contributed by atoms with van der Waals surface area (Å²) >= 11 is 0. The molecule has 1 aliphatic rings. The van der Waals surface area contributed by atoms with Crippen molar-refractivity contribution in [1.29, 1.82) is 0 Å². The number of fused-ring (bicyclic) bond motifs is 4. The fourth-order valence-corrected chi connectivity index (χ4v) is 6.96. The molecule has 1 atom stereocenters. The van der Waals surface area contributed by atoms with Crippen molar-refractivity contribution >= 4 is 21.7 Å². The average molecular weight is 695 g/mol. The fourth-order valence-electron chi connectivity index (χ4n) is 5.81. The Bertz CT molecular complexity index is 2030. The molecule has 0 saturated heterocycles. The molecule has 4 bridgehead atoms. The highest BCUT2D eigenvalue weighted by Crippen LogP contribution is 2.33. The third kappa shape index (κ3) is 8.70. The maximum atomic E-state index is 13.1. The van der Waals surface area contributed by atoms with Gasteiger partial charge in [0, 0.05) is 24.7 Å². The first-order valence-corrected chi connectivity index (χ1v) is 17.5. The van der Waals surface area contributed by atoms with E-state index in [4.69, 9.17) is 14.2 Å². The molecule has 5 aromatic rings. The molecule has 6 rings (SSSR count). The number of hydrogen-bond acceptors (Lipinski definition) is 8. The Labute approximate surface area is 293 Å². The zero-order valence-corrected chi connectivity index (χ0v) is 28.1. The van der Waals surface area contributed by atoms with Gasteiger partial charge in [-0.2, -0.15) is 0 Å². The van der Waals surface area contributed by atoms with E-state index in [1.165, 1.54) is 6.07 Å². The van der Waals surface area contributed by atoms with E-state index in [9.17, 15) is 18.3 Å². The Morgan fingerprint density at radius 1 is 0.920 bits per heavy atom. The van der Waals surface area contributed by atoms with Crippen molar-refractivity contribution in [1.82, 2.24) is 5.32 Å². The molecule has 1 aliphatic heterocycles. The minimum atomic E-state index is -3.85. The Morgan fingerprint density at radius 2 is 1.66 bits per heavy atom. The van der Waals surface area contributed by atoms with Gasteiger partial charge in [0.2, 0.25) is 0 Å². The fraction of sp³-hybridized carbons (Fsp3) is 0.225. The number of carbonyl (C=O) groups excluding carboxylic acids is 1. The Balaban J connectivity index is 0.00000486. The second kappa shape index (κ2) is 16.0. The second-order valence-corrected chi connectivity index (χ2v) is 13.6. The molecule has 0 aromatic heterocycles. The maximum Gasteiger partial charge on any atom is 0.338 e. The monoisotopic (exact) mass is 694 g/mol. The summed E-state index contributed by atoms with van der Waals surface area (Å²) in [4.78, 5) is 12.7. The number of rotatable bonds is 11. The van der Waals surface area contributed by atoms with Crippen LogP contribution in [0.2, 0.25) is 0 Å². The van der Waals surface area contributed by atoms with Crippen LogP contribution in [0.3, 0.4) is 0 Å². The largest absolute Gasteiger partial charge is 0.492 e. The summed E-state index contributed by atoms with van der Waals surface area (Å²) in [5, 5.41) is 14.2. The van der Waals surface area contributed by atoms with Gasteiger partial charge in [-0.1, -0.05) is 68.1 Å². The average Bonchev–Trinajstić information content (AvgIpc) is 3.09. The van der Waals surface area contributed by atoms with Gasteiger partial charge in [0.05, 0.1) is 22.3 Å². The molecule has 3 N–H and O–H groups in total. The first-order chi connectivity index (χ1) is 23.7. The number of aliphatic hydroxyl groups excluding tert-OH is 1. The van der Waals surface area contributed by atoms with Gasteiger partial charge < -0.3 is 24.6 Å². The first-order valence-electron chi connectivity index (χ1n) is 16.0. The summed E-state index contributed by atoms with van der Waals surface area (Å²) in [6, 6.07) is 32.5. The second-order valence-electron chi connectivity index (χ2n) is 11.9. The van der Waals surface area contributed by atoms with Gasteiger partial charge in [-0.15, -0.1) is 0 Å². The van der Waals surface area contributed by atoms with E-state index in [1.54, 1.807) is 42.5 Å². The Hall–Kier alpha value is -5.16. The van der Waals surface area contributed by atoms with Gasteiger partial charge in [-0.3, -0.25) is 4.72 Å². The van der Waals surface area contributed by atoms with Gasteiger partial charge in [0.1, 0.15) is 31.3 Å². The van der Waals surface area contributed by atoms with Gasteiger partial charge in [0.25, 0.3) is 10.0 Å². The van der Waals surface area contributed by atoms with Crippen LogP contribution >= 0.6 is 0 Å². The zero-order chi connectivity index (χ0) is 34.4. The van der Waals surface area contributed by atoms with Crippen LogP contribution in [0.1, 0.15) is 51.7 Å². The van der Waals surface area contributed by atoms with E-state index in [0.29, 0.717) is 30.0 Å². The molecule has 9 nitrogen and oxygen atoms in total. The van der Waals surface area contributed by atoms with E-state index in [2.05, 4.69) is 10.0 Å². The summed E-state index contributed by atoms with van der Waals surface area (Å²) < 4.78 is 46.1. The number of ether oxygens (including phenoxy) is 3. The number of aliphatic hydroxyl groups is 1.